The number of rotatable bonds is 4. The number of ketones is 2. The van der Waals surface area contributed by atoms with E-state index in [0.29, 0.717) is 16.0 Å². The molecule has 0 radical (unpaired) electrons. The highest BCUT2D eigenvalue weighted by molar-refractivity contribution is 9.09. The number of halogens is 1. The molecule has 2 aliphatic rings. The Kier molecular flexibility index (Phi) is 4.98. The van der Waals surface area contributed by atoms with Crippen LogP contribution in [0.15, 0.2) is 59.5 Å². The van der Waals surface area contributed by atoms with E-state index >= 15 is 0 Å². The van der Waals surface area contributed by atoms with E-state index in [1.807, 2.05) is 0 Å². The summed E-state index contributed by atoms with van der Waals surface area (Å²) in [4.78, 5) is 54.7. The molecule has 0 fully saturated rings. The number of benzene rings is 3. The third kappa shape index (κ3) is 2.87. The van der Waals surface area contributed by atoms with E-state index in [4.69, 9.17) is 0 Å². The van der Waals surface area contributed by atoms with Crippen molar-refractivity contribution in [2.45, 2.75) is 4.90 Å². The van der Waals surface area contributed by atoms with E-state index in [1.54, 1.807) is 36.4 Å². The first-order valence-electron chi connectivity index (χ1n) is 9.70. The van der Waals surface area contributed by atoms with Crippen LogP contribution in [0.1, 0.15) is 52.6 Å². The molecule has 0 saturated carbocycles. The first kappa shape index (κ1) is 20.7. The lowest BCUT2D eigenvalue weighted by Gasteiger charge is -2.26. The maximum Gasteiger partial charge on any atom is 0.266 e. The topological polar surface area (TPSA) is 91.8 Å². The van der Waals surface area contributed by atoms with Gasteiger partial charge in [0.25, 0.3) is 11.8 Å². The van der Waals surface area contributed by atoms with Crippen molar-refractivity contribution in [2.24, 2.45) is 0 Å². The molecule has 0 unspecified atom stereocenters. The number of phenolic OH excluding ortho intramolecular Hbond substituents is 1. The molecule has 3 aromatic carbocycles. The normalized spacial score (nSPS) is 14.5. The van der Waals surface area contributed by atoms with Gasteiger partial charge in [-0.3, -0.25) is 19.2 Å². The minimum atomic E-state index is -0.571. The molecular formula is C24H14BrNO5S. The summed E-state index contributed by atoms with van der Waals surface area (Å²) in [5.74, 6) is -1.99. The van der Waals surface area contributed by atoms with Crippen molar-refractivity contribution in [2.75, 3.05) is 16.0 Å². The second-order valence-corrected chi connectivity index (χ2v) is 9.15. The summed E-state index contributed by atoms with van der Waals surface area (Å²) in [7, 11) is 0. The zero-order valence-corrected chi connectivity index (χ0v) is 18.8. The van der Waals surface area contributed by atoms with E-state index in [2.05, 4.69) is 15.9 Å². The number of anilines is 1. The SMILES string of the molecule is O=C1c2ccccc2C(=O)c2c1c(O)cc(SCCBr)c2N1C(=O)c2ccccc2C1=O. The van der Waals surface area contributed by atoms with E-state index in [0.717, 1.165) is 4.90 Å². The van der Waals surface area contributed by atoms with Crippen LogP contribution in [-0.2, 0) is 0 Å². The number of hydrogen-bond donors (Lipinski definition) is 1. The number of carbonyl (C=O) groups excluding carboxylic acids is 4. The number of alkyl halides is 1. The maximum atomic E-state index is 13.6. The third-order valence-electron chi connectivity index (χ3n) is 5.47. The molecule has 0 atom stereocenters. The molecule has 1 N–H and O–H groups in total. The lowest BCUT2D eigenvalue weighted by molar-refractivity contribution is 0.0922. The summed E-state index contributed by atoms with van der Waals surface area (Å²) in [6.07, 6.45) is 0. The average Bonchev–Trinajstić information content (AvgIpc) is 3.06. The number of phenols is 1. The van der Waals surface area contributed by atoms with Gasteiger partial charge in [-0.25, -0.2) is 4.90 Å². The fourth-order valence-corrected chi connectivity index (χ4v) is 5.41. The van der Waals surface area contributed by atoms with Crippen LogP contribution in [0, 0.1) is 0 Å². The Bertz CT molecular complexity index is 1330. The van der Waals surface area contributed by atoms with Gasteiger partial charge in [-0.05, 0) is 18.2 Å². The van der Waals surface area contributed by atoms with E-state index in [1.165, 1.54) is 30.0 Å². The molecule has 0 aromatic heterocycles. The number of amides is 2. The van der Waals surface area contributed by atoms with Gasteiger partial charge in [0.1, 0.15) is 5.75 Å². The minimum Gasteiger partial charge on any atom is -0.507 e. The molecule has 6 nitrogen and oxygen atoms in total. The van der Waals surface area contributed by atoms with E-state index in [-0.39, 0.29) is 44.8 Å². The van der Waals surface area contributed by atoms with Gasteiger partial charge in [0.05, 0.1) is 27.9 Å². The van der Waals surface area contributed by atoms with Gasteiger partial charge in [0, 0.05) is 27.1 Å². The van der Waals surface area contributed by atoms with Crippen molar-refractivity contribution in [1.82, 2.24) is 0 Å². The largest absolute Gasteiger partial charge is 0.507 e. The molecule has 0 saturated heterocycles. The van der Waals surface area contributed by atoms with Crippen LogP contribution in [0.25, 0.3) is 0 Å². The Labute approximate surface area is 195 Å². The highest BCUT2D eigenvalue weighted by Crippen LogP contribution is 2.46. The molecule has 1 aliphatic heterocycles. The lowest BCUT2D eigenvalue weighted by Crippen LogP contribution is -2.33. The van der Waals surface area contributed by atoms with Crippen LogP contribution in [0.3, 0.4) is 0 Å². The molecule has 1 aliphatic carbocycles. The Hall–Kier alpha value is -3.23. The smallest absolute Gasteiger partial charge is 0.266 e. The molecule has 8 heteroatoms. The molecule has 3 aromatic rings. The van der Waals surface area contributed by atoms with Crippen molar-refractivity contribution < 1.29 is 24.3 Å². The fraction of sp³-hybridized carbons (Fsp3) is 0.0833. The Morgan fingerprint density at radius 3 is 1.81 bits per heavy atom. The molecule has 32 heavy (non-hydrogen) atoms. The van der Waals surface area contributed by atoms with Crippen LogP contribution in [-0.4, -0.2) is 39.6 Å². The summed E-state index contributed by atoms with van der Waals surface area (Å²) in [5.41, 5.74) is 0.530. The third-order valence-corrected chi connectivity index (χ3v) is 7.42. The number of carbonyl (C=O) groups is 4. The maximum absolute atomic E-state index is 13.6. The molecule has 0 bridgehead atoms. The molecule has 2 amide bonds. The summed E-state index contributed by atoms with van der Waals surface area (Å²) < 4.78 is 0. The highest BCUT2D eigenvalue weighted by atomic mass is 79.9. The number of fused-ring (bicyclic) bond motifs is 3. The van der Waals surface area contributed by atoms with Crippen LogP contribution in [0.2, 0.25) is 0 Å². The molecular weight excluding hydrogens is 494 g/mol. The summed E-state index contributed by atoms with van der Waals surface area (Å²) in [6, 6.07) is 14.1. The van der Waals surface area contributed by atoms with Gasteiger partial charge < -0.3 is 5.11 Å². The Morgan fingerprint density at radius 1 is 0.781 bits per heavy atom. The second-order valence-electron chi connectivity index (χ2n) is 7.23. The van der Waals surface area contributed by atoms with Gasteiger partial charge in [-0.1, -0.05) is 52.3 Å². The zero-order valence-electron chi connectivity index (χ0n) is 16.4. The second kappa shape index (κ2) is 7.72. The number of thioether (sulfide) groups is 1. The summed E-state index contributed by atoms with van der Waals surface area (Å²) >= 11 is 4.62. The van der Waals surface area contributed by atoms with Gasteiger partial charge in [0.15, 0.2) is 11.6 Å². The predicted molar refractivity (Wildman–Crippen MR) is 124 cm³/mol. The quantitative estimate of drug-likeness (QED) is 0.249. The van der Waals surface area contributed by atoms with Crippen molar-refractivity contribution in [1.29, 1.82) is 0 Å². The Morgan fingerprint density at radius 2 is 1.28 bits per heavy atom. The number of aromatic hydroxyl groups is 1. The average molecular weight is 508 g/mol. The monoisotopic (exact) mass is 507 g/mol. The van der Waals surface area contributed by atoms with Crippen LogP contribution >= 0.6 is 27.7 Å². The number of imide groups is 1. The standard InChI is InChI=1S/C24H14BrNO5S/c25-9-10-32-17-11-16(27)18-19(22(29)13-6-2-1-5-12(13)21(18)28)20(17)26-23(30)14-7-3-4-8-15(14)24(26)31/h1-8,11,27H,9-10H2. The molecule has 1 heterocycles. The van der Waals surface area contributed by atoms with Crippen molar-refractivity contribution in [3.05, 3.63) is 88.0 Å². The Balaban J connectivity index is 1.81. The zero-order chi connectivity index (χ0) is 22.6. The highest BCUT2D eigenvalue weighted by Gasteiger charge is 2.43. The fourth-order valence-electron chi connectivity index (χ4n) is 4.11. The van der Waals surface area contributed by atoms with Crippen molar-refractivity contribution in [3.8, 4) is 5.75 Å². The first-order chi connectivity index (χ1) is 15.5. The first-order valence-corrected chi connectivity index (χ1v) is 11.8. The van der Waals surface area contributed by atoms with Gasteiger partial charge in [-0.2, -0.15) is 0 Å². The molecule has 158 valence electrons. The minimum absolute atomic E-state index is 0.0443. The van der Waals surface area contributed by atoms with Crippen molar-refractivity contribution >= 4 is 56.8 Å². The van der Waals surface area contributed by atoms with E-state index in [9.17, 15) is 24.3 Å². The van der Waals surface area contributed by atoms with Gasteiger partial charge >= 0.3 is 0 Å². The van der Waals surface area contributed by atoms with Gasteiger partial charge in [0.2, 0.25) is 0 Å². The van der Waals surface area contributed by atoms with Crippen LogP contribution in [0.4, 0.5) is 5.69 Å². The van der Waals surface area contributed by atoms with Gasteiger partial charge in [-0.15, -0.1) is 11.8 Å². The lowest BCUT2D eigenvalue weighted by atomic mass is 9.82. The van der Waals surface area contributed by atoms with E-state index < -0.39 is 23.4 Å². The number of nitrogens with zero attached hydrogens (tertiary/aromatic N) is 1. The predicted octanol–water partition coefficient (Wildman–Crippen LogP) is 4.46. The number of hydrogen-bond acceptors (Lipinski definition) is 6. The molecule has 5 rings (SSSR count). The summed E-state index contributed by atoms with van der Waals surface area (Å²) in [5, 5.41) is 11.3. The van der Waals surface area contributed by atoms with Crippen LogP contribution in [0.5, 0.6) is 5.75 Å². The molecule has 0 spiro atoms. The van der Waals surface area contributed by atoms with Crippen LogP contribution < -0.4 is 4.90 Å². The van der Waals surface area contributed by atoms with Crippen molar-refractivity contribution in [3.63, 3.8) is 0 Å². The summed E-state index contributed by atoms with van der Waals surface area (Å²) in [6.45, 7) is 0.